The number of carbonyl (C=O) groups is 5. The topological polar surface area (TPSA) is 216 Å². The van der Waals surface area contributed by atoms with Crippen LogP contribution in [0.4, 0.5) is 35.1 Å². The predicted molar refractivity (Wildman–Crippen MR) is 479 cm³/mol. The zero-order chi connectivity index (χ0) is 89.4. The van der Waals surface area contributed by atoms with E-state index < -0.39 is 66.0 Å². The number of likely N-dealkylation sites (tertiary alicyclic amines) is 2. The largest absolute Gasteiger partial charge is 0.493 e. The van der Waals surface area contributed by atoms with Crippen LogP contribution in [-0.2, 0) is 48.2 Å². The van der Waals surface area contributed by atoms with Gasteiger partial charge in [-0.25, -0.2) is 55.2 Å². The molecule has 0 bridgehead atoms. The van der Waals surface area contributed by atoms with Crippen LogP contribution in [0, 0.1) is 52.5 Å². The van der Waals surface area contributed by atoms with Crippen molar-refractivity contribution in [1.82, 2.24) is 40.1 Å². The molecule has 22 nitrogen and oxygen atoms in total. The number of morpholine rings is 1. The lowest BCUT2D eigenvalue weighted by molar-refractivity contribution is -0.137. The summed E-state index contributed by atoms with van der Waals surface area (Å²) < 4.78 is 143. The van der Waals surface area contributed by atoms with E-state index in [9.17, 15) is 59.1 Å². The van der Waals surface area contributed by atoms with Crippen molar-refractivity contribution >= 4 is 96.8 Å². The van der Waals surface area contributed by atoms with Crippen LogP contribution in [0.2, 0.25) is 0 Å². The van der Waals surface area contributed by atoms with Crippen LogP contribution in [0.5, 0.6) is 23.0 Å². The van der Waals surface area contributed by atoms with Gasteiger partial charge in [-0.1, -0.05) is 126 Å². The van der Waals surface area contributed by atoms with E-state index >= 15 is 0 Å². The fourth-order valence-corrected chi connectivity index (χ4v) is 23.8. The molecule has 0 aliphatic carbocycles. The van der Waals surface area contributed by atoms with E-state index in [0.717, 1.165) is 173 Å². The molecule has 0 aromatic heterocycles. The van der Waals surface area contributed by atoms with Crippen molar-refractivity contribution in [1.29, 1.82) is 0 Å². The quantitative estimate of drug-likeness (QED) is 0.0790. The number of thioether (sulfide) groups is 4. The number of benzene rings is 8. The summed E-state index contributed by atoms with van der Waals surface area (Å²) in [6.07, 6.45) is 11.2. The Morgan fingerprint density at radius 1 is 0.388 bits per heavy atom. The van der Waals surface area contributed by atoms with E-state index in [0.29, 0.717) is 149 Å². The summed E-state index contributed by atoms with van der Waals surface area (Å²) in [5.41, 5.74) is 3.50. The minimum Gasteiger partial charge on any atom is -0.493 e. The maximum Gasteiger partial charge on any atom is 0.244 e. The monoisotopic (exact) mass is 1840 g/mol. The van der Waals surface area contributed by atoms with Gasteiger partial charge >= 0.3 is 0 Å². The van der Waals surface area contributed by atoms with Gasteiger partial charge in [-0.3, -0.25) is 28.9 Å². The average molecular weight is 1850 g/mol. The van der Waals surface area contributed by atoms with Crippen molar-refractivity contribution in [3.05, 3.63) is 261 Å². The van der Waals surface area contributed by atoms with Crippen molar-refractivity contribution < 1.29 is 82.8 Å². The van der Waals surface area contributed by atoms with Gasteiger partial charge in [0.1, 0.15) is 109 Å². The maximum atomic E-state index is 14.6. The van der Waals surface area contributed by atoms with E-state index in [1.165, 1.54) is 86.3 Å². The first-order valence-corrected chi connectivity index (χ1v) is 47.1. The van der Waals surface area contributed by atoms with Crippen molar-refractivity contribution in [3.8, 4) is 23.0 Å². The molecule has 12 aliphatic heterocycles. The lowest BCUT2D eigenvalue weighted by Crippen LogP contribution is -2.45. The highest BCUT2D eigenvalue weighted by Gasteiger charge is 2.57. The van der Waals surface area contributed by atoms with Crippen molar-refractivity contribution in [2.75, 3.05) is 105 Å². The second-order valence-corrected chi connectivity index (χ2v) is 38.1. The second kappa shape index (κ2) is 40.2. The molecule has 5 amide bonds. The smallest absolute Gasteiger partial charge is 0.244 e. The van der Waals surface area contributed by atoms with Gasteiger partial charge < -0.3 is 38.8 Å². The fraction of sp³-hybridized carbons (Fsp3) is 0.400. The number of nitrogens with one attached hydrogen (secondary N) is 1. The van der Waals surface area contributed by atoms with Gasteiger partial charge in [0.15, 0.2) is 0 Å². The molecule has 676 valence electrons. The molecule has 1 N–H and O–H groups in total. The number of carbonyl (C=O) groups excluding carboxylic acids is 5. The van der Waals surface area contributed by atoms with E-state index in [-0.39, 0.29) is 69.2 Å². The van der Waals surface area contributed by atoms with E-state index in [2.05, 4.69) is 35.5 Å². The predicted octanol–water partition coefficient (Wildman–Crippen LogP) is 17.1. The van der Waals surface area contributed by atoms with Crippen LogP contribution in [0.25, 0.3) is 0 Å². The Morgan fingerprint density at radius 3 is 1.05 bits per heavy atom. The number of halogens is 8. The van der Waals surface area contributed by atoms with Gasteiger partial charge in [-0.2, -0.15) is 20.4 Å². The summed E-state index contributed by atoms with van der Waals surface area (Å²) in [5, 5.41) is 28.6. The number of ether oxygens (including phenoxy) is 5. The zero-order valence-corrected chi connectivity index (χ0v) is 74.0. The van der Waals surface area contributed by atoms with Gasteiger partial charge in [0.2, 0.25) is 29.5 Å². The van der Waals surface area contributed by atoms with Crippen molar-refractivity contribution in [2.45, 2.75) is 129 Å². The number of amides is 5. The second-order valence-electron chi connectivity index (χ2n) is 33.1. The van der Waals surface area contributed by atoms with Gasteiger partial charge in [-0.05, 0) is 187 Å². The first-order chi connectivity index (χ1) is 62.7. The molecular formula is C95H96F8N12O10S4. The van der Waals surface area contributed by atoms with Crippen LogP contribution < -0.4 is 24.3 Å². The molecule has 5 atom stereocenters. The summed E-state index contributed by atoms with van der Waals surface area (Å²) >= 11 is 5.15. The molecule has 12 heterocycles. The zero-order valence-electron chi connectivity index (χ0n) is 70.7. The Hall–Kier alpha value is -10.3. The third-order valence-corrected chi connectivity index (χ3v) is 30.4. The van der Waals surface area contributed by atoms with E-state index in [1.54, 1.807) is 4.90 Å². The maximum absolute atomic E-state index is 14.6. The minimum atomic E-state index is -0.899. The number of hydrogen-bond donors (Lipinski definition) is 1. The number of rotatable bonds is 18. The summed E-state index contributed by atoms with van der Waals surface area (Å²) in [7, 11) is 0. The van der Waals surface area contributed by atoms with Crippen LogP contribution in [0.15, 0.2) is 190 Å². The minimum absolute atomic E-state index is 0.0290. The molecule has 20 rings (SSSR count). The average Bonchev–Trinajstić information content (AvgIpc) is 1.63. The van der Waals surface area contributed by atoms with Gasteiger partial charge in [0, 0.05) is 128 Å². The summed E-state index contributed by atoms with van der Waals surface area (Å²) in [6, 6.07) is 43.2. The third-order valence-electron chi connectivity index (χ3n) is 24.7. The molecule has 34 heteroatoms. The lowest BCUT2D eigenvalue weighted by atomic mass is 9.97. The Labute approximate surface area is 758 Å². The van der Waals surface area contributed by atoms with Crippen LogP contribution in [-0.4, -0.2) is 190 Å². The first kappa shape index (κ1) is 90.6. The molecule has 0 radical (unpaired) electrons. The van der Waals surface area contributed by atoms with E-state index in [1.807, 2.05) is 97.1 Å². The van der Waals surface area contributed by atoms with Crippen LogP contribution in [0.3, 0.4) is 0 Å². The standard InChI is InChI=1S/C25H27F2N3O2S.C24H23F2N3O3S.C24H25F2N3O3S.C22H21F2N3O2S/c26-18-10-11-21(27)19(17-18)24-28-30(23(31)9-6-15-29-13-4-1-5-14-29)25(33-24)12-16-32-22-8-3-2-7-20(22)25;25-16-9-10-19(26)17(15-16)23-27-29(22(31)8-4-13-28-12-3-7-21(28)30)24(33-23)11-14-32-20-6-2-1-5-18(20)24;25-17-7-8-20(26)18(16-17)23-27-29(22(30)6-3-10-28-11-14-31-15-12-28)24(33-23)9-13-32-21-5-2-1-4-19(21)24;23-15-5-6-18(24)16(12-15)21-26-27(20(28)11-14-7-9-25-13-14)22(30-21)8-10-29-19-4-2-1-3-17(19)22/h2-3,7-8,10-11,17H,1,4-6,9,12-16H2;1-2,5-6,9-10,15H,3-4,7-8,11-14H2;1-2,4-5,7-8,16H,3,6,9-15H2;1-6,12,14,25H,7-11,13H2. The molecule has 0 saturated carbocycles. The van der Waals surface area contributed by atoms with Crippen molar-refractivity contribution in [3.63, 3.8) is 0 Å². The highest BCUT2D eigenvalue weighted by molar-refractivity contribution is 8.16. The molecule has 4 saturated heterocycles. The Bertz CT molecular complexity index is 5500. The highest BCUT2D eigenvalue weighted by Crippen LogP contribution is 2.59. The third kappa shape index (κ3) is 19.4. The molecule has 4 fully saturated rings. The van der Waals surface area contributed by atoms with Crippen LogP contribution >= 0.6 is 47.0 Å². The number of fused-ring (bicyclic) bond motifs is 8. The SMILES string of the molecule is O=C(CC1CCNC1)N1N=C(c2cc(F)ccc2F)SC12CCOc1ccccc12.O=C(CCCN1CCCCC1)N1N=C(c2cc(F)ccc2F)SC12CCOc1ccccc12.O=C(CCCN1CCOCC1)N1N=C(c2cc(F)ccc2F)SC12CCOc1ccccc12.O=C1CCCN1CCCC(=O)N1N=C(c2cc(F)ccc2F)SC12CCOc1ccccc12. The molecule has 5 unspecified atom stereocenters. The summed E-state index contributed by atoms with van der Waals surface area (Å²) in [4.78, 5) is 68.7. The van der Waals surface area contributed by atoms with Gasteiger partial charge in [-0.15, -0.1) is 0 Å². The van der Waals surface area contributed by atoms with Crippen LogP contribution in [0.1, 0.15) is 154 Å². The molecule has 129 heavy (non-hydrogen) atoms. The highest BCUT2D eigenvalue weighted by atomic mass is 32.2. The fourth-order valence-electron chi connectivity index (χ4n) is 18.2. The summed E-state index contributed by atoms with van der Waals surface area (Å²) in [5.74, 6) is -2.00. The Balaban J connectivity index is 0.000000121. The lowest BCUT2D eigenvalue weighted by Gasteiger charge is -2.39. The Kier molecular flexibility index (Phi) is 28.2. The molecule has 12 aliphatic rings. The first-order valence-electron chi connectivity index (χ1n) is 43.8. The normalized spacial score (nSPS) is 23.1. The summed E-state index contributed by atoms with van der Waals surface area (Å²) in [6.45, 7) is 11.5. The van der Waals surface area contributed by atoms with Gasteiger partial charge in [0.05, 0.1) is 39.6 Å². The number of nitrogens with zero attached hydrogens (tertiary/aromatic N) is 11. The number of para-hydroxylation sites is 4. The molecular weight excluding hydrogens is 1750 g/mol. The Morgan fingerprint density at radius 2 is 0.721 bits per heavy atom. The van der Waals surface area contributed by atoms with E-state index in [4.69, 9.17) is 23.7 Å². The number of hydrazone groups is 4. The van der Waals surface area contributed by atoms with Gasteiger partial charge in [0.25, 0.3) is 0 Å². The molecule has 8 aromatic rings. The van der Waals surface area contributed by atoms with Crippen molar-refractivity contribution in [2.24, 2.45) is 26.3 Å². The molecule has 4 spiro atoms. The number of piperidine rings is 1. The number of hydrogen-bond acceptors (Lipinski definition) is 21. The molecule has 8 aromatic carbocycles.